The summed E-state index contributed by atoms with van der Waals surface area (Å²) in [6, 6.07) is 7.47. The number of fused-ring (bicyclic) bond motifs is 1. The van der Waals surface area contributed by atoms with E-state index in [1.807, 2.05) is 0 Å². The molecule has 3 heterocycles. The second-order valence-electron chi connectivity index (χ2n) is 8.15. The van der Waals surface area contributed by atoms with E-state index in [-0.39, 0.29) is 35.0 Å². The monoisotopic (exact) mass is 565 g/mol. The molecule has 0 radical (unpaired) electrons. The highest BCUT2D eigenvalue weighted by molar-refractivity contribution is 7.92. The molecule has 1 atom stereocenters. The van der Waals surface area contributed by atoms with Crippen LogP contribution >= 0.6 is 11.3 Å². The fourth-order valence-electron chi connectivity index (χ4n) is 4.30. The van der Waals surface area contributed by atoms with Crippen molar-refractivity contribution >= 4 is 52.7 Å². The van der Waals surface area contributed by atoms with E-state index in [0.717, 1.165) is 6.07 Å². The molecule has 0 amide bonds. The Labute approximate surface area is 213 Å². The second kappa shape index (κ2) is 8.78. The fourth-order valence-corrected chi connectivity index (χ4v) is 7.99. The molecule has 0 unspecified atom stereocenters. The van der Waals surface area contributed by atoms with Crippen LogP contribution in [0.5, 0.6) is 0 Å². The SMILES string of the molecule is Nc1nc2c(-c3ccc(S(=O)(=O)N[C@@]4(C(=O)O)CCCN4)c(S(N)(=O)=O)c3-c3nn[nH]n3)cccc2s1. The topological polar surface area (TPSA) is 249 Å². The van der Waals surface area contributed by atoms with Gasteiger partial charge >= 0.3 is 5.97 Å². The number of rotatable bonds is 7. The lowest BCUT2D eigenvalue weighted by Gasteiger charge is -2.26. The van der Waals surface area contributed by atoms with Gasteiger partial charge in [0.2, 0.25) is 25.9 Å². The number of nitrogen functional groups attached to an aromatic ring is 1. The van der Waals surface area contributed by atoms with E-state index in [1.54, 1.807) is 18.2 Å². The molecule has 0 spiro atoms. The lowest BCUT2D eigenvalue weighted by atomic mass is 9.98. The zero-order chi connectivity index (χ0) is 26.6. The van der Waals surface area contributed by atoms with Crippen molar-refractivity contribution < 1.29 is 26.7 Å². The summed E-state index contributed by atoms with van der Waals surface area (Å²) in [5, 5.41) is 31.6. The average molecular weight is 566 g/mol. The molecule has 8 N–H and O–H groups in total. The number of carboxylic acid groups (broad SMARTS) is 1. The number of tetrazole rings is 1. The van der Waals surface area contributed by atoms with Crippen molar-refractivity contribution in [3.63, 3.8) is 0 Å². The van der Waals surface area contributed by atoms with Gasteiger partial charge in [-0.1, -0.05) is 29.5 Å². The highest BCUT2D eigenvalue weighted by Gasteiger charge is 2.46. The van der Waals surface area contributed by atoms with Crippen molar-refractivity contribution in [2.24, 2.45) is 5.14 Å². The third-order valence-corrected chi connectivity index (χ3v) is 9.33. The summed E-state index contributed by atoms with van der Waals surface area (Å²) in [4.78, 5) is 14.7. The number of hydrogen-bond acceptors (Lipinski definition) is 12. The van der Waals surface area contributed by atoms with Crippen molar-refractivity contribution in [1.29, 1.82) is 0 Å². The van der Waals surface area contributed by atoms with E-state index >= 15 is 0 Å². The Hall–Kier alpha value is -3.55. The molecule has 5 rings (SSSR count). The molecule has 0 bridgehead atoms. The number of carboxylic acids is 1. The highest BCUT2D eigenvalue weighted by Crippen LogP contribution is 2.42. The minimum atomic E-state index is -4.78. The Kier molecular flexibility index (Phi) is 5.96. The Morgan fingerprint density at radius 2 is 1.95 bits per heavy atom. The number of nitrogens with one attached hydrogen (secondary N) is 3. The lowest BCUT2D eigenvalue weighted by molar-refractivity contribution is -0.144. The number of aromatic amines is 1. The maximum atomic E-state index is 13.5. The summed E-state index contributed by atoms with van der Waals surface area (Å²) in [7, 11) is -9.56. The number of benzene rings is 2. The number of aliphatic carboxylic acids is 1. The first-order valence-corrected chi connectivity index (χ1v) is 14.4. The van der Waals surface area contributed by atoms with E-state index in [1.165, 1.54) is 17.4 Å². The zero-order valence-electron chi connectivity index (χ0n) is 18.7. The molecule has 4 aromatic rings. The van der Waals surface area contributed by atoms with Crippen LogP contribution in [-0.2, 0) is 24.8 Å². The van der Waals surface area contributed by atoms with Crippen LogP contribution in [0.25, 0.3) is 32.7 Å². The molecule has 1 aliphatic rings. The molecular weight excluding hydrogens is 546 g/mol. The summed E-state index contributed by atoms with van der Waals surface area (Å²) in [5.74, 6) is -1.73. The summed E-state index contributed by atoms with van der Waals surface area (Å²) in [6.45, 7) is 0.241. The summed E-state index contributed by atoms with van der Waals surface area (Å²) in [5.41, 5.74) is 4.62. The third kappa shape index (κ3) is 4.32. The minimum absolute atomic E-state index is 0.0602. The van der Waals surface area contributed by atoms with Crippen LogP contribution in [0, 0.1) is 0 Å². The predicted octanol–water partition coefficient (Wildman–Crippen LogP) is -0.184. The number of primary sulfonamides is 1. The quantitative estimate of drug-likeness (QED) is 0.171. The van der Waals surface area contributed by atoms with Crippen molar-refractivity contribution in [2.75, 3.05) is 12.3 Å². The van der Waals surface area contributed by atoms with Crippen molar-refractivity contribution in [3.05, 3.63) is 30.3 Å². The number of nitrogens with two attached hydrogens (primary N) is 2. The van der Waals surface area contributed by atoms with Gasteiger partial charge in [-0.3, -0.25) is 5.32 Å². The van der Waals surface area contributed by atoms with Gasteiger partial charge in [-0.2, -0.15) is 9.94 Å². The van der Waals surface area contributed by atoms with Gasteiger partial charge in [0.1, 0.15) is 9.79 Å². The number of para-hydroxylation sites is 1. The molecule has 0 saturated carbocycles. The van der Waals surface area contributed by atoms with Crippen molar-refractivity contribution in [3.8, 4) is 22.5 Å². The first-order valence-electron chi connectivity index (χ1n) is 10.5. The Morgan fingerprint density at radius 1 is 1.16 bits per heavy atom. The van der Waals surface area contributed by atoms with Crippen LogP contribution < -0.4 is 20.9 Å². The van der Waals surface area contributed by atoms with Crippen LogP contribution in [0.4, 0.5) is 5.13 Å². The second-order valence-corrected chi connectivity index (χ2v) is 12.4. The molecule has 194 valence electrons. The summed E-state index contributed by atoms with van der Waals surface area (Å²) >= 11 is 1.21. The molecule has 37 heavy (non-hydrogen) atoms. The van der Waals surface area contributed by atoms with E-state index in [0.29, 0.717) is 22.2 Å². The number of thiazole rings is 1. The molecule has 18 heteroatoms. The van der Waals surface area contributed by atoms with Crippen molar-refractivity contribution in [2.45, 2.75) is 28.3 Å². The number of carbonyl (C=O) groups is 1. The molecule has 0 aliphatic carbocycles. The van der Waals surface area contributed by atoms with Gasteiger partial charge in [0.15, 0.2) is 10.8 Å². The Balaban J connectivity index is 1.82. The standard InChI is InChI=1S/C19H19N9O6S3/c20-18-23-14-10(3-1-4-11(14)35-18)9-5-6-12(15(36(21,31)32)13(9)16-24-27-28-25-16)37(33,34)26-19(17(29)30)7-2-8-22-19/h1,3-6,22,26H,2,7-8H2,(H2,20,23)(H,29,30)(H2,21,31,32)(H,24,25,27,28)/t19-/m1/s1. The van der Waals surface area contributed by atoms with Crippen LogP contribution in [0.15, 0.2) is 40.1 Å². The molecule has 1 aliphatic heterocycles. The van der Waals surface area contributed by atoms with E-state index in [9.17, 15) is 26.7 Å². The Bertz CT molecular complexity index is 1750. The number of aromatic nitrogens is 5. The first-order chi connectivity index (χ1) is 17.4. The fraction of sp³-hybridized carbons (Fsp3) is 0.211. The number of anilines is 1. The smallest absolute Gasteiger partial charge is 0.339 e. The molecular formula is C19H19N9O6S3. The predicted molar refractivity (Wildman–Crippen MR) is 132 cm³/mol. The number of sulfonamides is 2. The lowest BCUT2D eigenvalue weighted by Crippen LogP contribution is -2.60. The summed E-state index contributed by atoms with van der Waals surface area (Å²) in [6.07, 6.45) is 0.319. The maximum Gasteiger partial charge on any atom is 0.339 e. The molecule has 1 saturated heterocycles. The number of hydrogen-bond donors (Lipinski definition) is 6. The van der Waals surface area contributed by atoms with Gasteiger partial charge in [-0.05, 0) is 42.3 Å². The van der Waals surface area contributed by atoms with Gasteiger partial charge in [-0.15, -0.1) is 10.2 Å². The first kappa shape index (κ1) is 25.1. The van der Waals surface area contributed by atoms with Gasteiger partial charge in [0.25, 0.3) is 0 Å². The van der Waals surface area contributed by atoms with E-state index in [4.69, 9.17) is 10.9 Å². The van der Waals surface area contributed by atoms with Crippen LogP contribution in [0.1, 0.15) is 12.8 Å². The average Bonchev–Trinajstić information content (AvgIpc) is 3.58. The highest BCUT2D eigenvalue weighted by atomic mass is 32.2. The van der Waals surface area contributed by atoms with Crippen LogP contribution in [0.2, 0.25) is 0 Å². The molecule has 2 aromatic heterocycles. The van der Waals surface area contributed by atoms with Gasteiger partial charge in [0, 0.05) is 5.56 Å². The van der Waals surface area contributed by atoms with E-state index in [2.05, 4.69) is 35.6 Å². The third-order valence-electron chi connectivity index (χ3n) is 5.82. The molecule has 1 fully saturated rings. The van der Waals surface area contributed by atoms with Gasteiger partial charge < -0.3 is 10.8 Å². The number of H-pyrrole nitrogens is 1. The van der Waals surface area contributed by atoms with Crippen LogP contribution in [0.3, 0.4) is 0 Å². The number of nitrogens with zero attached hydrogens (tertiary/aromatic N) is 4. The zero-order valence-corrected chi connectivity index (χ0v) is 21.1. The van der Waals surface area contributed by atoms with Gasteiger partial charge in [-0.25, -0.2) is 31.8 Å². The van der Waals surface area contributed by atoms with Gasteiger partial charge in [0.05, 0.1) is 15.8 Å². The normalized spacial score (nSPS) is 18.4. The largest absolute Gasteiger partial charge is 0.479 e. The molecule has 2 aromatic carbocycles. The van der Waals surface area contributed by atoms with Crippen molar-refractivity contribution in [1.82, 2.24) is 35.6 Å². The molecule has 15 nitrogen and oxygen atoms in total. The Morgan fingerprint density at radius 3 is 2.57 bits per heavy atom. The van der Waals surface area contributed by atoms with Crippen LogP contribution in [-0.4, -0.2) is 65.7 Å². The maximum absolute atomic E-state index is 13.5. The van der Waals surface area contributed by atoms with E-state index < -0.39 is 41.5 Å². The minimum Gasteiger partial charge on any atom is -0.479 e. The summed E-state index contributed by atoms with van der Waals surface area (Å²) < 4.78 is 55.8.